The van der Waals surface area contributed by atoms with Crippen molar-refractivity contribution in [3.05, 3.63) is 293 Å². The summed E-state index contributed by atoms with van der Waals surface area (Å²) in [7, 11) is 0. The van der Waals surface area contributed by atoms with Crippen LogP contribution in [0.15, 0.2) is 249 Å². The summed E-state index contributed by atoms with van der Waals surface area (Å²) in [6.45, 7) is 0. The molecule has 1 nitrogen and oxygen atoms in total. The van der Waals surface area contributed by atoms with Crippen LogP contribution in [0.5, 0.6) is 0 Å². The Bertz CT molecular complexity index is 4900. The van der Waals surface area contributed by atoms with Crippen molar-refractivity contribution in [1.82, 2.24) is 4.57 Å². The first-order chi connectivity index (χ1) is 49.0. The molecular formula is C80H41F24N. The minimum absolute atomic E-state index is 0.0863. The van der Waals surface area contributed by atoms with Crippen molar-refractivity contribution >= 4 is 21.8 Å². The van der Waals surface area contributed by atoms with Crippen molar-refractivity contribution in [2.45, 2.75) is 49.4 Å². The quantitative estimate of drug-likeness (QED) is 0.120. The molecule has 0 aliphatic heterocycles. The molecule has 0 spiro atoms. The van der Waals surface area contributed by atoms with Gasteiger partial charge in [-0.25, -0.2) is 0 Å². The molecule has 0 radical (unpaired) electrons. The second kappa shape index (κ2) is 25.9. The number of halogens is 24. The lowest BCUT2D eigenvalue weighted by molar-refractivity contribution is -0.144. The molecule has 0 bridgehead atoms. The lowest BCUT2D eigenvalue weighted by Gasteiger charge is -2.18. The fraction of sp³-hybridized carbons (Fsp3) is 0.100. The molecule has 0 amide bonds. The number of fused-ring (bicyclic) bond motifs is 3. The lowest BCUT2D eigenvalue weighted by atomic mass is 9.90. The summed E-state index contributed by atoms with van der Waals surface area (Å²) >= 11 is 0. The maximum Gasteiger partial charge on any atom is 0.416 e. The van der Waals surface area contributed by atoms with Crippen molar-refractivity contribution in [2.24, 2.45) is 0 Å². The van der Waals surface area contributed by atoms with E-state index in [1.54, 1.807) is 28.8 Å². The number of alkyl halides is 24. The molecule has 0 atom stereocenters. The second-order valence-electron chi connectivity index (χ2n) is 24.6. The molecule has 13 aromatic rings. The zero-order valence-electron chi connectivity index (χ0n) is 52.7. The van der Waals surface area contributed by atoms with Gasteiger partial charge in [-0.05, 0) is 252 Å². The van der Waals surface area contributed by atoms with Gasteiger partial charge in [0.15, 0.2) is 0 Å². The van der Waals surface area contributed by atoms with Crippen LogP contribution in [0.4, 0.5) is 105 Å². The highest BCUT2D eigenvalue weighted by Gasteiger charge is 2.42. The van der Waals surface area contributed by atoms with Crippen molar-refractivity contribution < 1.29 is 105 Å². The summed E-state index contributed by atoms with van der Waals surface area (Å²) < 4.78 is 351. The van der Waals surface area contributed by atoms with Crippen LogP contribution in [0.1, 0.15) is 44.5 Å². The first-order valence-electron chi connectivity index (χ1n) is 31.0. The van der Waals surface area contributed by atoms with Gasteiger partial charge < -0.3 is 4.57 Å². The van der Waals surface area contributed by atoms with Gasteiger partial charge in [-0.3, -0.25) is 0 Å². The van der Waals surface area contributed by atoms with Gasteiger partial charge in [-0.2, -0.15) is 105 Å². The molecule has 105 heavy (non-hydrogen) atoms. The minimum atomic E-state index is -5.47. The van der Waals surface area contributed by atoms with Gasteiger partial charge in [-0.1, -0.05) is 91.0 Å². The molecule has 13 rings (SSSR count). The Morgan fingerprint density at radius 2 is 0.371 bits per heavy atom. The van der Waals surface area contributed by atoms with E-state index in [0.29, 0.717) is 16.8 Å². The average molecular weight is 1470 g/mol. The fourth-order valence-electron chi connectivity index (χ4n) is 12.7. The molecule has 12 aromatic carbocycles. The number of hydrogen-bond donors (Lipinski definition) is 0. The summed E-state index contributed by atoms with van der Waals surface area (Å²) in [5, 5.41) is 0.200. The molecule has 0 N–H and O–H groups in total. The molecule has 25 heteroatoms. The van der Waals surface area contributed by atoms with E-state index >= 15 is 0 Å². The number of hydrogen-bond acceptors (Lipinski definition) is 0. The minimum Gasteiger partial charge on any atom is -0.309 e. The predicted octanol–water partition coefficient (Wildman–Crippen LogP) is 27.9. The van der Waals surface area contributed by atoms with Gasteiger partial charge in [0.05, 0.1) is 61.2 Å². The van der Waals surface area contributed by atoms with Gasteiger partial charge in [0, 0.05) is 16.3 Å². The zero-order valence-corrected chi connectivity index (χ0v) is 52.7. The summed E-state index contributed by atoms with van der Waals surface area (Å²) in [6, 6.07) is 46.4. The summed E-state index contributed by atoms with van der Waals surface area (Å²) in [4.78, 5) is 0. The van der Waals surface area contributed by atoms with Gasteiger partial charge in [0.2, 0.25) is 0 Å². The zero-order chi connectivity index (χ0) is 75.5. The molecular weight excluding hydrogens is 1430 g/mol. The first kappa shape index (κ1) is 72.1. The lowest BCUT2D eigenvalue weighted by Crippen LogP contribution is -2.11. The number of para-hydroxylation sites is 1. The van der Waals surface area contributed by atoms with E-state index in [1.165, 1.54) is 36.4 Å². The van der Waals surface area contributed by atoms with Crippen LogP contribution in [0.25, 0.3) is 128 Å². The van der Waals surface area contributed by atoms with E-state index in [0.717, 1.165) is 58.7 Å². The number of rotatable bonds is 10. The highest BCUT2D eigenvalue weighted by molar-refractivity contribution is 6.12. The number of nitrogens with zero attached hydrogens (tertiary/aromatic N) is 1. The molecule has 1 heterocycles. The Kier molecular flexibility index (Phi) is 17.8. The van der Waals surface area contributed by atoms with Crippen LogP contribution in [-0.2, 0) is 49.4 Å². The smallest absolute Gasteiger partial charge is 0.309 e. The van der Waals surface area contributed by atoms with E-state index in [4.69, 9.17) is 0 Å². The van der Waals surface area contributed by atoms with Gasteiger partial charge in [-0.15, -0.1) is 0 Å². The van der Waals surface area contributed by atoms with Crippen LogP contribution in [0.2, 0.25) is 0 Å². The van der Waals surface area contributed by atoms with Crippen LogP contribution < -0.4 is 0 Å². The molecule has 0 unspecified atom stereocenters. The van der Waals surface area contributed by atoms with Crippen molar-refractivity contribution in [3.63, 3.8) is 0 Å². The van der Waals surface area contributed by atoms with Crippen molar-refractivity contribution in [3.8, 4) is 106 Å². The number of aromatic nitrogens is 1. The Morgan fingerprint density at radius 3 is 0.629 bits per heavy atom. The standard InChI is InChI=1S/C80H41F24N/c81-73(82,83)59-28-54(29-60(38-59)74(84,85)86)50-20-48(21-51(24-50)55-30-61(75(87,88)89)39-62(31-55)76(90,91)92)44-15-17-71-68(36-44)69-37-45(16-18-72(69)105(71)70-14-8-7-13-67(70)58-26-46(42-9-3-1-4-10-42)19-47(27-58)43-11-5-2-6-12-43)49-22-52(56-32-63(77(93,94)95)40-64(33-56)78(96,97)98)25-53(23-49)57-34-65(79(99,100)101)41-66(35-57)80(102,103)104/h1-41H. The fourth-order valence-corrected chi connectivity index (χ4v) is 12.7. The molecule has 534 valence electrons. The third-order valence-electron chi connectivity index (χ3n) is 17.6. The van der Waals surface area contributed by atoms with E-state index in [2.05, 4.69) is 0 Å². The molecule has 0 fully saturated rings. The van der Waals surface area contributed by atoms with Gasteiger partial charge >= 0.3 is 49.4 Å². The summed E-state index contributed by atoms with van der Waals surface area (Å²) in [6.07, 6.45) is -43.8. The normalized spacial score (nSPS) is 13.0. The molecule has 0 saturated heterocycles. The third kappa shape index (κ3) is 15.0. The summed E-state index contributed by atoms with van der Waals surface area (Å²) in [5.41, 5.74) is -16.4. The Hall–Kier alpha value is -11.2. The van der Waals surface area contributed by atoms with E-state index in [9.17, 15) is 105 Å². The molecule has 1 aromatic heterocycles. The summed E-state index contributed by atoms with van der Waals surface area (Å²) in [5.74, 6) is 0. The van der Waals surface area contributed by atoms with Crippen LogP contribution in [-0.4, -0.2) is 4.57 Å². The number of benzene rings is 12. The molecule has 0 aliphatic carbocycles. The highest BCUT2D eigenvalue weighted by atomic mass is 19.4. The van der Waals surface area contributed by atoms with Crippen LogP contribution >= 0.6 is 0 Å². The Balaban J connectivity index is 1.12. The maximum absolute atomic E-state index is 14.6. The SMILES string of the molecule is FC(F)(F)c1cc(-c2cc(-c3cc(C(F)(F)F)cc(C(F)(F)F)c3)cc(-c3ccc4c(c3)c3cc(-c5cc(-c6cc(C(F)(F)F)cc(C(F)(F)F)c6)cc(-c6cc(C(F)(F)F)cc(C(F)(F)F)c6)c5)ccc3n4-c3ccccc3-c3cc(-c4ccccc4)cc(-c4ccccc4)c3)c2)cc(C(F)(F)F)c1. The van der Waals surface area contributed by atoms with Crippen LogP contribution in [0.3, 0.4) is 0 Å². The largest absolute Gasteiger partial charge is 0.416 e. The molecule has 0 saturated carbocycles. The topological polar surface area (TPSA) is 4.93 Å². The Morgan fingerprint density at radius 1 is 0.162 bits per heavy atom. The van der Waals surface area contributed by atoms with Crippen molar-refractivity contribution in [2.75, 3.05) is 0 Å². The van der Waals surface area contributed by atoms with Gasteiger partial charge in [0.1, 0.15) is 0 Å². The Labute approximate surface area is 578 Å². The van der Waals surface area contributed by atoms with E-state index < -0.39 is 138 Å². The molecule has 0 aliphatic rings. The third-order valence-corrected chi connectivity index (χ3v) is 17.6. The van der Waals surface area contributed by atoms with Gasteiger partial charge in [0.25, 0.3) is 0 Å². The second-order valence-corrected chi connectivity index (χ2v) is 24.6. The monoisotopic (exact) mass is 1470 g/mol. The predicted molar refractivity (Wildman–Crippen MR) is 350 cm³/mol. The van der Waals surface area contributed by atoms with E-state index in [1.807, 2.05) is 78.9 Å². The maximum atomic E-state index is 14.6. The van der Waals surface area contributed by atoms with Crippen molar-refractivity contribution in [1.29, 1.82) is 0 Å². The first-order valence-corrected chi connectivity index (χ1v) is 31.0. The van der Waals surface area contributed by atoms with Crippen LogP contribution in [0, 0.1) is 0 Å². The average Bonchev–Trinajstić information content (AvgIpc) is 1.58. The highest BCUT2D eigenvalue weighted by Crippen LogP contribution is 2.49. The van der Waals surface area contributed by atoms with E-state index in [-0.39, 0.29) is 117 Å².